The second-order valence-electron chi connectivity index (χ2n) is 6.06. The van der Waals surface area contributed by atoms with E-state index in [-0.39, 0.29) is 11.4 Å². The largest absolute Gasteiger partial charge is 0.334 e. The van der Waals surface area contributed by atoms with Crippen LogP contribution >= 0.6 is 23.2 Å². The van der Waals surface area contributed by atoms with Gasteiger partial charge in [0.2, 0.25) is 5.69 Å². The third kappa shape index (κ3) is 3.82. The van der Waals surface area contributed by atoms with Gasteiger partial charge in [0, 0.05) is 55.4 Å². The monoisotopic (exact) mass is 397 g/mol. The molecule has 0 atom stereocenters. The first-order valence-electron chi connectivity index (χ1n) is 7.99. The Kier molecular flexibility index (Phi) is 5.45. The van der Waals surface area contributed by atoms with Gasteiger partial charge in [-0.25, -0.2) is 0 Å². The van der Waals surface area contributed by atoms with Gasteiger partial charge in [-0.15, -0.1) is 0 Å². The van der Waals surface area contributed by atoms with E-state index in [4.69, 9.17) is 23.2 Å². The average Bonchev–Trinajstić information content (AvgIpc) is 3.00. The van der Waals surface area contributed by atoms with Crippen molar-refractivity contribution < 1.29 is 9.72 Å². The van der Waals surface area contributed by atoms with Crippen molar-refractivity contribution in [3.8, 4) is 0 Å². The molecule has 1 fully saturated rings. The first-order chi connectivity index (χ1) is 12.4. The lowest BCUT2D eigenvalue weighted by Gasteiger charge is -2.34. The van der Waals surface area contributed by atoms with Crippen LogP contribution in [-0.2, 0) is 13.6 Å². The van der Waals surface area contributed by atoms with Crippen molar-refractivity contribution in [2.75, 3.05) is 26.2 Å². The van der Waals surface area contributed by atoms with Crippen molar-refractivity contribution in [2.24, 2.45) is 7.05 Å². The molecule has 0 N–H and O–H groups in total. The van der Waals surface area contributed by atoms with E-state index in [1.807, 2.05) is 0 Å². The van der Waals surface area contributed by atoms with E-state index in [9.17, 15) is 14.9 Å². The Balaban J connectivity index is 1.65. The molecule has 1 aromatic heterocycles. The third-order valence-electron chi connectivity index (χ3n) is 4.31. The summed E-state index contributed by atoms with van der Waals surface area (Å²) < 4.78 is 1.28. The molecule has 0 unspecified atom stereocenters. The Morgan fingerprint density at radius 3 is 2.42 bits per heavy atom. The summed E-state index contributed by atoms with van der Waals surface area (Å²) in [5, 5.41) is 16.3. The highest BCUT2D eigenvalue weighted by Gasteiger charge is 2.31. The SMILES string of the molecule is Cn1cc([N+](=O)[O-])c(C(=O)N2CCN(Cc3c(Cl)cccc3Cl)CC2)n1. The second-order valence-corrected chi connectivity index (χ2v) is 6.88. The summed E-state index contributed by atoms with van der Waals surface area (Å²) in [6, 6.07) is 5.38. The molecule has 26 heavy (non-hydrogen) atoms. The highest BCUT2D eigenvalue weighted by molar-refractivity contribution is 6.35. The molecule has 0 radical (unpaired) electrons. The predicted octanol–water partition coefficient (Wildman–Crippen LogP) is 2.59. The van der Waals surface area contributed by atoms with E-state index in [2.05, 4.69) is 10.00 Å². The van der Waals surface area contributed by atoms with E-state index >= 15 is 0 Å². The molecule has 8 nitrogen and oxygen atoms in total. The molecular formula is C16H17Cl2N5O3. The van der Waals surface area contributed by atoms with Gasteiger partial charge in [0.05, 0.1) is 4.92 Å². The summed E-state index contributed by atoms with van der Waals surface area (Å²) in [6.45, 7) is 2.73. The number of hydrogen-bond acceptors (Lipinski definition) is 5. The third-order valence-corrected chi connectivity index (χ3v) is 5.02. The number of carbonyl (C=O) groups is 1. The van der Waals surface area contributed by atoms with Crippen LogP contribution in [0, 0.1) is 10.1 Å². The van der Waals surface area contributed by atoms with Crippen LogP contribution in [0.25, 0.3) is 0 Å². The first-order valence-corrected chi connectivity index (χ1v) is 8.75. The Morgan fingerprint density at radius 1 is 1.23 bits per heavy atom. The number of benzene rings is 1. The van der Waals surface area contributed by atoms with Gasteiger partial charge < -0.3 is 4.90 Å². The molecule has 1 aliphatic heterocycles. The van der Waals surface area contributed by atoms with Crippen molar-refractivity contribution >= 4 is 34.8 Å². The normalized spacial score (nSPS) is 15.3. The summed E-state index contributed by atoms with van der Waals surface area (Å²) in [6.07, 6.45) is 1.24. The first kappa shape index (κ1) is 18.6. The summed E-state index contributed by atoms with van der Waals surface area (Å²) in [7, 11) is 1.55. The Hall–Kier alpha value is -2.16. The van der Waals surface area contributed by atoms with Gasteiger partial charge in [0.25, 0.3) is 5.91 Å². The van der Waals surface area contributed by atoms with Gasteiger partial charge in [-0.1, -0.05) is 29.3 Å². The molecule has 1 saturated heterocycles. The van der Waals surface area contributed by atoms with E-state index < -0.39 is 10.8 Å². The minimum absolute atomic E-state index is 0.125. The van der Waals surface area contributed by atoms with Crippen molar-refractivity contribution in [3.05, 3.63) is 55.8 Å². The van der Waals surface area contributed by atoms with Crippen LogP contribution in [0.15, 0.2) is 24.4 Å². The van der Waals surface area contributed by atoms with Crippen LogP contribution in [0.3, 0.4) is 0 Å². The number of carbonyl (C=O) groups excluding carboxylic acids is 1. The van der Waals surface area contributed by atoms with Crippen LogP contribution in [-0.4, -0.2) is 56.6 Å². The van der Waals surface area contributed by atoms with E-state index in [0.29, 0.717) is 42.8 Å². The van der Waals surface area contributed by atoms with Crippen molar-refractivity contribution in [1.29, 1.82) is 0 Å². The molecule has 10 heteroatoms. The number of halogens is 2. The van der Waals surface area contributed by atoms with E-state index in [1.165, 1.54) is 10.9 Å². The quantitative estimate of drug-likeness (QED) is 0.584. The van der Waals surface area contributed by atoms with Gasteiger partial charge >= 0.3 is 5.69 Å². The zero-order chi connectivity index (χ0) is 18.8. The molecule has 1 aliphatic rings. The number of hydrogen-bond donors (Lipinski definition) is 0. The number of aromatic nitrogens is 2. The maximum atomic E-state index is 12.6. The van der Waals surface area contributed by atoms with Crippen molar-refractivity contribution in [3.63, 3.8) is 0 Å². The maximum absolute atomic E-state index is 12.6. The van der Waals surface area contributed by atoms with Gasteiger partial charge in [-0.2, -0.15) is 5.10 Å². The highest BCUT2D eigenvalue weighted by Crippen LogP contribution is 2.26. The zero-order valence-electron chi connectivity index (χ0n) is 14.1. The second kappa shape index (κ2) is 7.61. The molecule has 0 aliphatic carbocycles. The lowest BCUT2D eigenvalue weighted by atomic mass is 10.2. The summed E-state index contributed by atoms with van der Waals surface area (Å²) in [5.74, 6) is -0.423. The summed E-state index contributed by atoms with van der Waals surface area (Å²) in [5.41, 5.74) is 0.457. The lowest BCUT2D eigenvalue weighted by molar-refractivity contribution is -0.385. The number of amides is 1. The number of piperazine rings is 1. The zero-order valence-corrected chi connectivity index (χ0v) is 15.6. The smallest absolute Gasteiger partial charge is 0.320 e. The standard InChI is InChI=1S/C16H17Cl2N5O3/c1-20-10-14(23(25)26)15(19-20)16(24)22-7-5-21(6-8-22)9-11-12(17)3-2-4-13(11)18/h2-4,10H,5-9H2,1H3. The van der Waals surface area contributed by atoms with Gasteiger partial charge in [-0.3, -0.25) is 24.5 Å². The van der Waals surface area contributed by atoms with Crippen LogP contribution < -0.4 is 0 Å². The fourth-order valence-corrected chi connectivity index (χ4v) is 3.44. The molecule has 1 amide bonds. The van der Waals surface area contributed by atoms with Crippen molar-refractivity contribution in [2.45, 2.75) is 6.54 Å². The Labute approximate surface area is 160 Å². The van der Waals surface area contributed by atoms with Gasteiger partial charge in [0.15, 0.2) is 0 Å². The number of rotatable bonds is 4. The topological polar surface area (TPSA) is 84.5 Å². The Morgan fingerprint density at radius 2 is 1.85 bits per heavy atom. The van der Waals surface area contributed by atoms with Gasteiger partial charge in [0.1, 0.15) is 6.20 Å². The molecule has 2 heterocycles. The minimum atomic E-state index is -0.587. The lowest BCUT2D eigenvalue weighted by Crippen LogP contribution is -2.48. The van der Waals surface area contributed by atoms with E-state index in [1.54, 1.807) is 30.1 Å². The Bertz CT molecular complexity index is 826. The van der Waals surface area contributed by atoms with E-state index in [0.717, 1.165) is 5.56 Å². The fraction of sp³-hybridized carbons (Fsp3) is 0.375. The van der Waals surface area contributed by atoms with Crippen LogP contribution in [0.4, 0.5) is 5.69 Å². The minimum Gasteiger partial charge on any atom is -0.334 e. The maximum Gasteiger partial charge on any atom is 0.320 e. The molecule has 0 saturated carbocycles. The molecule has 138 valence electrons. The van der Waals surface area contributed by atoms with Gasteiger partial charge in [-0.05, 0) is 12.1 Å². The van der Waals surface area contributed by atoms with Crippen LogP contribution in [0.1, 0.15) is 16.1 Å². The predicted molar refractivity (Wildman–Crippen MR) is 97.5 cm³/mol. The molecule has 1 aromatic carbocycles. The molecule has 3 rings (SSSR count). The number of nitro groups is 1. The fourth-order valence-electron chi connectivity index (χ4n) is 2.93. The van der Waals surface area contributed by atoms with Crippen LogP contribution in [0.2, 0.25) is 10.0 Å². The molecule has 0 spiro atoms. The number of nitrogens with zero attached hydrogens (tertiary/aromatic N) is 5. The average molecular weight is 398 g/mol. The number of aryl methyl sites for hydroxylation is 1. The molecule has 0 bridgehead atoms. The summed E-state index contributed by atoms with van der Waals surface area (Å²) in [4.78, 5) is 26.8. The van der Waals surface area contributed by atoms with Crippen molar-refractivity contribution in [1.82, 2.24) is 19.6 Å². The van der Waals surface area contributed by atoms with Crippen LogP contribution in [0.5, 0.6) is 0 Å². The highest BCUT2D eigenvalue weighted by atomic mass is 35.5. The summed E-state index contributed by atoms with van der Waals surface area (Å²) >= 11 is 12.4. The molecular weight excluding hydrogens is 381 g/mol. The molecule has 2 aromatic rings.